The molecule has 0 aliphatic heterocycles. The third-order valence-electron chi connectivity index (χ3n) is 1.84. The molecule has 0 aliphatic carbocycles. The third kappa shape index (κ3) is 5.62. The number of hydrogen-bond acceptors (Lipinski definition) is 1. The van der Waals surface area contributed by atoms with Crippen LogP contribution in [0.5, 0.6) is 0 Å². The van der Waals surface area contributed by atoms with Gasteiger partial charge in [-0.25, -0.2) is 0 Å². The fourth-order valence-electron chi connectivity index (χ4n) is 0.969. The molecule has 72 valence electrons. The summed E-state index contributed by atoms with van der Waals surface area (Å²) in [4.78, 5) is 2.36. The summed E-state index contributed by atoms with van der Waals surface area (Å²) in [6.07, 6.45) is 2.24. The van der Waals surface area contributed by atoms with Crippen LogP contribution in [0.15, 0.2) is 11.6 Å². The lowest BCUT2D eigenvalue weighted by atomic mass is 10.2. The first-order valence-corrected chi connectivity index (χ1v) is 5.04. The average Bonchev–Trinajstić information content (AvgIpc) is 1.96. The van der Waals surface area contributed by atoms with Crippen molar-refractivity contribution >= 4 is 11.6 Å². The minimum absolute atomic E-state index is 0.583. The fourth-order valence-corrected chi connectivity index (χ4v) is 1.19. The van der Waals surface area contributed by atoms with Crippen LogP contribution < -0.4 is 0 Å². The zero-order valence-corrected chi connectivity index (χ0v) is 9.36. The number of halogens is 1. The lowest BCUT2D eigenvalue weighted by Crippen LogP contribution is -2.32. The van der Waals surface area contributed by atoms with Crippen LogP contribution in [0.25, 0.3) is 0 Å². The number of alkyl halides is 1. The first-order valence-electron chi connectivity index (χ1n) is 4.51. The van der Waals surface area contributed by atoms with Gasteiger partial charge >= 0.3 is 0 Å². The van der Waals surface area contributed by atoms with E-state index in [-0.39, 0.29) is 0 Å². The maximum absolute atomic E-state index is 5.69. The van der Waals surface area contributed by atoms with Gasteiger partial charge in [0.25, 0.3) is 0 Å². The Balaban J connectivity index is 3.87. The Bertz CT molecular complexity index is 137. The van der Waals surface area contributed by atoms with E-state index in [1.807, 2.05) is 0 Å². The molecule has 0 aliphatic rings. The van der Waals surface area contributed by atoms with Gasteiger partial charge in [0.05, 0.1) is 0 Å². The van der Waals surface area contributed by atoms with E-state index in [1.54, 1.807) is 0 Å². The van der Waals surface area contributed by atoms with Gasteiger partial charge in [0.2, 0.25) is 0 Å². The maximum atomic E-state index is 5.69. The molecule has 0 N–H and O–H groups in total. The van der Waals surface area contributed by atoms with Crippen LogP contribution in [-0.4, -0.2) is 29.9 Å². The molecule has 2 heteroatoms. The predicted octanol–water partition coefficient (Wildman–Crippen LogP) is 2.90. The molecular formula is C10H20ClN. The highest BCUT2D eigenvalue weighted by Crippen LogP contribution is 2.00. The van der Waals surface area contributed by atoms with Crippen molar-refractivity contribution in [2.75, 3.05) is 19.0 Å². The standard InChI is InChI=1S/C10H20ClN/c1-9(2)5-7-12(8-6-11)10(3)4/h5,10H,6-8H2,1-4H3. The van der Waals surface area contributed by atoms with E-state index < -0.39 is 0 Å². The van der Waals surface area contributed by atoms with Gasteiger partial charge in [-0.3, -0.25) is 4.90 Å². The second-order valence-electron chi connectivity index (χ2n) is 3.56. The maximum Gasteiger partial charge on any atom is 0.0351 e. The Kier molecular flexibility index (Phi) is 6.49. The van der Waals surface area contributed by atoms with Crippen LogP contribution in [0.2, 0.25) is 0 Å². The van der Waals surface area contributed by atoms with Crippen molar-refractivity contribution < 1.29 is 0 Å². The molecule has 0 rings (SSSR count). The molecule has 0 heterocycles. The van der Waals surface area contributed by atoms with Crippen molar-refractivity contribution in [3.05, 3.63) is 11.6 Å². The normalized spacial score (nSPS) is 10.9. The van der Waals surface area contributed by atoms with Gasteiger partial charge in [-0.15, -0.1) is 11.6 Å². The zero-order valence-electron chi connectivity index (χ0n) is 8.60. The molecule has 0 atom stereocenters. The summed E-state index contributed by atoms with van der Waals surface area (Å²) in [7, 11) is 0. The number of allylic oxidation sites excluding steroid dienone is 1. The molecule has 0 amide bonds. The molecular weight excluding hydrogens is 170 g/mol. The van der Waals surface area contributed by atoms with E-state index in [0.29, 0.717) is 6.04 Å². The number of nitrogens with zero attached hydrogens (tertiary/aromatic N) is 1. The molecule has 0 aromatic heterocycles. The molecule has 0 saturated heterocycles. The second kappa shape index (κ2) is 6.50. The van der Waals surface area contributed by atoms with E-state index in [9.17, 15) is 0 Å². The monoisotopic (exact) mass is 189 g/mol. The fraction of sp³-hybridized carbons (Fsp3) is 0.800. The van der Waals surface area contributed by atoms with Crippen molar-refractivity contribution in [3.63, 3.8) is 0 Å². The Morgan fingerprint density at radius 3 is 2.33 bits per heavy atom. The average molecular weight is 190 g/mol. The lowest BCUT2D eigenvalue weighted by Gasteiger charge is -2.23. The van der Waals surface area contributed by atoms with Crippen LogP contribution in [0.3, 0.4) is 0 Å². The number of hydrogen-bond donors (Lipinski definition) is 0. The highest BCUT2D eigenvalue weighted by Gasteiger charge is 2.05. The van der Waals surface area contributed by atoms with E-state index in [1.165, 1.54) is 5.57 Å². The summed E-state index contributed by atoms with van der Waals surface area (Å²) in [5, 5.41) is 0. The van der Waals surface area contributed by atoms with Crippen LogP contribution in [0.4, 0.5) is 0 Å². The second-order valence-corrected chi connectivity index (χ2v) is 3.94. The Morgan fingerprint density at radius 2 is 2.00 bits per heavy atom. The first kappa shape index (κ1) is 12.0. The SMILES string of the molecule is CC(C)=CCN(CCCl)C(C)C. The Hall–Kier alpha value is -0.0100. The highest BCUT2D eigenvalue weighted by atomic mass is 35.5. The molecule has 0 saturated carbocycles. The molecule has 0 radical (unpaired) electrons. The lowest BCUT2D eigenvalue weighted by molar-refractivity contribution is 0.260. The summed E-state index contributed by atoms with van der Waals surface area (Å²) in [5.41, 5.74) is 1.37. The van der Waals surface area contributed by atoms with Gasteiger partial charge in [-0.1, -0.05) is 11.6 Å². The Morgan fingerprint density at radius 1 is 1.42 bits per heavy atom. The van der Waals surface area contributed by atoms with Gasteiger partial charge in [-0.05, 0) is 27.7 Å². The van der Waals surface area contributed by atoms with E-state index in [2.05, 4.69) is 38.7 Å². The minimum atomic E-state index is 0.583. The minimum Gasteiger partial charge on any atom is -0.296 e. The van der Waals surface area contributed by atoms with Crippen LogP contribution in [-0.2, 0) is 0 Å². The van der Waals surface area contributed by atoms with Crippen molar-refractivity contribution in [1.29, 1.82) is 0 Å². The third-order valence-corrected chi connectivity index (χ3v) is 2.01. The smallest absolute Gasteiger partial charge is 0.0351 e. The quantitative estimate of drug-likeness (QED) is 0.475. The van der Waals surface area contributed by atoms with Crippen molar-refractivity contribution in [2.45, 2.75) is 33.7 Å². The van der Waals surface area contributed by atoms with Gasteiger partial charge in [0, 0.05) is 25.0 Å². The number of rotatable bonds is 5. The molecule has 0 unspecified atom stereocenters. The van der Waals surface area contributed by atoms with Crippen LogP contribution in [0.1, 0.15) is 27.7 Å². The van der Waals surface area contributed by atoms with Gasteiger partial charge in [0.15, 0.2) is 0 Å². The van der Waals surface area contributed by atoms with Crippen molar-refractivity contribution in [3.8, 4) is 0 Å². The van der Waals surface area contributed by atoms with E-state index >= 15 is 0 Å². The topological polar surface area (TPSA) is 3.24 Å². The van der Waals surface area contributed by atoms with Crippen molar-refractivity contribution in [2.24, 2.45) is 0 Å². The summed E-state index contributed by atoms with van der Waals surface area (Å²) in [6.45, 7) is 10.6. The summed E-state index contributed by atoms with van der Waals surface area (Å²) >= 11 is 5.69. The molecule has 0 bridgehead atoms. The van der Waals surface area contributed by atoms with Gasteiger partial charge in [-0.2, -0.15) is 0 Å². The highest BCUT2D eigenvalue weighted by molar-refractivity contribution is 6.18. The van der Waals surface area contributed by atoms with Crippen molar-refractivity contribution in [1.82, 2.24) is 4.90 Å². The molecule has 0 aromatic rings. The first-order chi connectivity index (χ1) is 5.57. The summed E-state index contributed by atoms with van der Waals surface area (Å²) in [5.74, 6) is 0.717. The van der Waals surface area contributed by atoms with Gasteiger partial charge < -0.3 is 0 Å². The van der Waals surface area contributed by atoms with Crippen LogP contribution >= 0.6 is 11.6 Å². The molecule has 0 fully saturated rings. The zero-order chi connectivity index (χ0) is 9.56. The van der Waals surface area contributed by atoms with Gasteiger partial charge in [0.1, 0.15) is 0 Å². The van der Waals surface area contributed by atoms with E-state index in [0.717, 1.165) is 19.0 Å². The molecule has 12 heavy (non-hydrogen) atoms. The predicted molar refractivity (Wildman–Crippen MR) is 56.9 cm³/mol. The molecule has 0 spiro atoms. The molecule has 0 aromatic carbocycles. The van der Waals surface area contributed by atoms with E-state index in [4.69, 9.17) is 11.6 Å². The summed E-state index contributed by atoms with van der Waals surface area (Å²) < 4.78 is 0. The Labute approximate surface area is 81.4 Å². The molecule has 1 nitrogen and oxygen atoms in total. The summed E-state index contributed by atoms with van der Waals surface area (Å²) in [6, 6.07) is 0.583. The largest absolute Gasteiger partial charge is 0.296 e. The van der Waals surface area contributed by atoms with Crippen LogP contribution in [0, 0.1) is 0 Å².